The van der Waals surface area contributed by atoms with E-state index in [1.54, 1.807) is 17.0 Å². The number of ether oxygens (including phenoxy) is 2. The molecule has 0 bridgehead atoms. The van der Waals surface area contributed by atoms with Gasteiger partial charge >= 0.3 is 6.09 Å². The van der Waals surface area contributed by atoms with Crippen LogP contribution < -0.4 is 10.5 Å². The van der Waals surface area contributed by atoms with Crippen LogP contribution in [0, 0.1) is 0 Å². The first-order valence-electron chi connectivity index (χ1n) is 8.75. The van der Waals surface area contributed by atoms with Gasteiger partial charge in [0.2, 0.25) is 5.91 Å². The highest BCUT2D eigenvalue weighted by Crippen LogP contribution is 2.31. The maximum Gasteiger partial charge on any atom is 0.410 e. The summed E-state index contributed by atoms with van der Waals surface area (Å²) in [5, 5.41) is 0. The molecule has 1 heterocycles. The summed E-state index contributed by atoms with van der Waals surface area (Å²) in [4.78, 5) is 25.7. The Morgan fingerprint density at radius 1 is 1.28 bits per heavy atom. The Hall–Kier alpha value is -2.24. The molecule has 1 aliphatic rings. The molecule has 0 aromatic heterocycles. The maximum absolute atomic E-state index is 12.3. The monoisotopic (exact) mass is 348 g/mol. The predicted octanol–water partition coefficient (Wildman–Crippen LogP) is 3.30. The number of hydrogen-bond acceptors (Lipinski definition) is 4. The van der Waals surface area contributed by atoms with Crippen molar-refractivity contribution >= 4 is 12.0 Å². The lowest BCUT2D eigenvalue weighted by Crippen LogP contribution is -2.42. The number of carbonyl (C=O) groups excluding carboxylic acids is 2. The van der Waals surface area contributed by atoms with Crippen molar-refractivity contribution in [1.29, 1.82) is 0 Å². The van der Waals surface area contributed by atoms with Crippen LogP contribution >= 0.6 is 0 Å². The quantitative estimate of drug-likeness (QED) is 0.905. The fourth-order valence-corrected chi connectivity index (χ4v) is 2.99. The summed E-state index contributed by atoms with van der Waals surface area (Å²) in [7, 11) is 0. The summed E-state index contributed by atoms with van der Waals surface area (Å²) in [5.74, 6) is 0.269. The van der Waals surface area contributed by atoms with Crippen molar-refractivity contribution in [3.8, 4) is 5.75 Å². The van der Waals surface area contributed by atoms with Crippen molar-refractivity contribution in [3.05, 3.63) is 29.3 Å². The van der Waals surface area contributed by atoms with Gasteiger partial charge in [0.15, 0.2) is 0 Å². The molecule has 1 saturated heterocycles. The molecule has 1 aliphatic heterocycles. The fraction of sp³-hybridized carbons (Fsp3) is 0.579. The molecule has 138 valence electrons. The van der Waals surface area contributed by atoms with Gasteiger partial charge in [0.1, 0.15) is 11.4 Å². The number of nitrogens with zero attached hydrogens (tertiary/aromatic N) is 1. The third-order valence-electron chi connectivity index (χ3n) is 4.07. The average molecular weight is 348 g/mol. The highest BCUT2D eigenvalue weighted by Gasteiger charge is 2.29. The van der Waals surface area contributed by atoms with Gasteiger partial charge in [-0.3, -0.25) is 4.79 Å². The van der Waals surface area contributed by atoms with Gasteiger partial charge in [-0.25, -0.2) is 4.79 Å². The highest BCUT2D eigenvalue weighted by atomic mass is 16.6. The lowest BCUT2D eigenvalue weighted by Gasteiger charge is -2.34. The van der Waals surface area contributed by atoms with E-state index in [-0.39, 0.29) is 12.0 Å². The number of primary amides is 1. The van der Waals surface area contributed by atoms with Crippen molar-refractivity contribution in [3.63, 3.8) is 0 Å². The molecule has 0 aliphatic carbocycles. The summed E-state index contributed by atoms with van der Waals surface area (Å²) >= 11 is 0. The molecular weight excluding hydrogens is 320 g/mol. The molecule has 0 saturated carbocycles. The standard InChI is InChI=1S/C19H28N2O4/c1-5-24-16-10-14(9-15(11-16)17(20)22)13-7-6-8-21(12-13)18(23)25-19(2,3)4/h9-11,13H,5-8,12H2,1-4H3,(H2,20,22). The third kappa shape index (κ3) is 5.37. The molecule has 2 rings (SSSR count). The molecule has 1 aromatic rings. The Kier molecular flexibility index (Phi) is 5.93. The number of likely N-dealkylation sites (tertiary alicyclic amines) is 1. The number of nitrogens with two attached hydrogens (primary N) is 1. The second-order valence-electron chi connectivity index (χ2n) is 7.35. The van der Waals surface area contributed by atoms with Crippen molar-refractivity contribution in [1.82, 2.24) is 4.90 Å². The minimum absolute atomic E-state index is 0.125. The Morgan fingerprint density at radius 3 is 2.60 bits per heavy atom. The van der Waals surface area contributed by atoms with Crippen molar-refractivity contribution in [2.75, 3.05) is 19.7 Å². The number of hydrogen-bond donors (Lipinski definition) is 1. The van der Waals surface area contributed by atoms with Gasteiger partial charge < -0.3 is 20.1 Å². The molecule has 1 aromatic carbocycles. The van der Waals surface area contributed by atoms with Crippen LogP contribution in [0.3, 0.4) is 0 Å². The molecule has 1 fully saturated rings. The third-order valence-corrected chi connectivity index (χ3v) is 4.07. The molecule has 0 radical (unpaired) electrons. The summed E-state index contributed by atoms with van der Waals surface area (Å²) in [5.41, 5.74) is 6.32. The number of amides is 2. The van der Waals surface area contributed by atoms with Crippen LogP contribution in [0.5, 0.6) is 5.75 Å². The number of piperidine rings is 1. The summed E-state index contributed by atoms with van der Waals surface area (Å²) in [6.45, 7) is 9.21. The minimum Gasteiger partial charge on any atom is -0.494 e. The highest BCUT2D eigenvalue weighted by molar-refractivity contribution is 5.93. The van der Waals surface area contributed by atoms with E-state index in [4.69, 9.17) is 15.2 Å². The van der Waals surface area contributed by atoms with Crippen molar-refractivity contribution in [2.45, 2.75) is 52.1 Å². The Balaban J connectivity index is 2.20. The van der Waals surface area contributed by atoms with Crippen LogP contribution in [0.1, 0.15) is 62.4 Å². The first kappa shape index (κ1) is 19.1. The average Bonchev–Trinajstić information content (AvgIpc) is 2.53. The first-order valence-corrected chi connectivity index (χ1v) is 8.75. The van der Waals surface area contributed by atoms with Gasteiger partial charge in [0.25, 0.3) is 0 Å². The Labute approximate surface area is 149 Å². The van der Waals surface area contributed by atoms with E-state index >= 15 is 0 Å². The van der Waals surface area contributed by atoms with Gasteiger partial charge in [-0.15, -0.1) is 0 Å². The summed E-state index contributed by atoms with van der Waals surface area (Å²) < 4.78 is 11.0. The first-order chi connectivity index (χ1) is 11.7. The lowest BCUT2D eigenvalue weighted by molar-refractivity contribution is 0.0198. The molecule has 6 heteroatoms. The van der Waals surface area contributed by atoms with Crippen LogP contribution in [0.4, 0.5) is 4.79 Å². The molecule has 2 amide bonds. The van der Waals surface area contributed by atoms with Crippen molar-refractivity contribution < 1.29 is 19.1 Å². The van der Waals surface area contributed by atoms with Crippen LogP contribution in [0.15, 0.2) is 18.2 Å². The van der Waals surface area contributed by atoms with Crippen molar-refractivity contribution in [2.24, 2.45) is 5.73 Å². The van der Waals surface area contributed by atoms with E-state index in [0.29, 0.717) is 31.0 Å². The zero-order valence-electron chi connectivity index (χ0n) is 15.5. The molecule has 1 atom stereocenters. The van der Waals surface area contributed by atoms with Gasteiger partial charge in [0, 0.05) is 24.6 Å². The molecule has 0 spiro atoms. The smallest absolute Gasteiger partial charge is 0.410 e. The van der Waals surface area contributed by atoms with Gasteiger partial charge in [0.05, 0.1) is 6.61 Å². The predicted molar refractivity (Wildman–Crippen MR) is 95.9 cm³/mol. The summed E-state index contributed by atoms with van der Waals surface area (Å²) in [6, 6.07) is 5.39. The van der Waals surface area contributed by atoms with E-state index in [1.807, 2.05) is 33.8 Å². The van der Waals surface area contributed by atoms with E-state index in [1.165, 1.54) is 0 Å². The normalized spacial score (nSPS) is 17.9. The van der Waals surface area contributed by atoms with E-state index in [2.05, 4.69) is 0 Å². The van der Waals surface area contributed by atoms with E-state index in [9.17, 15) is 9.59 Å². The lowest BCUT2D eigenvalue weighted by atomic mass is 9.89. The number of rotatable bonds is 4. The van der Waals surface area contributed by atoms with E-state index < -0.39 is 11.5 Å². The maximum atomic E-state index is 12.3. The topological polar surface area (TPSA) is 81.9 Å². The number of carbonyl (C=O) groups is 2. The largest absolute Gasteiger partial charge is 0.494 e. The summed E-state index contributed by atoms with van der Waals surface area (Å²) in [6.07, 6.45) is 1.52. The van der Waals surface area contributed by atoms with Gasteiger partial charge in [-0.1, -0.05) is 0 Å². The van der Waals surface area contributed by atoms with Gasteiger partial charge in [-0.05, 0) is 64.3 Å². The second kappa shape index (κ2) is 7.76. The molecule has 1 unspecified atom stereocenters. The Morgan fingerprint density at radius 2 is 2.00 bits per heavy atom. The number of benzene rings is 1. The zero-order chi connectivity index (χ0) is 18.6. The zero-order valence-corrected chi connectivity index (χ0v) is 15.5. The van der Waals surface area contributed by atoms with E-state index in [0.717, 1.165) is 18.4 Å². The molecule has 2 N–H and O–H groups in total. The van der Waals surface area contributed by atoms with Gasteiger partial charge in [-0.2, -0.15) is 0 Å². The van der Waals surface area contributed by atoms with Crippen LogP contribution in [0.2, 0.25) is 0 Å². The molecule has 25 heavy (non-hydrogen) atoms. The SMILES string of the molecule is CCOc1cc(C(N)=O)cc(C2CCCN(C(=O)OC(C)(C)C)C2)c1. The van der Waals surface area contributed by atoms with Crippen LogP contribution in [0.25, 0.3) is 0 Å². The van der Waals surface area contributed by atoms with Crippen LogP contribution in [-0.4, -0.2) is 42.2 Å². The Bertz CT molecular complexity index is 637. The second-order valence-corrected chi connectivity index (χ2v) is 7.35. The molecule has 6 nitrogen and oxygen atoms in total. The fourth-order valence-electron chi connectivity index (χ4n) is 2.99. The minimum atomic E-state index is -0.516. The molecular formula is C19H28N2O4. The van der Waals surface area contributed by atoms with Crippen LogP contribution in [-0.2, 0) is 4.74 Å².